The first-order valence-corrected chi connectivity index (χ1v) is 7.64. The van der Waals surface area contributed by atoms with Crippen LogP contribution in [-0.2, 0) is 6.54 Å². The van der Waals surface area contributed by atoms with Crippen molar-refractivity contribution in [3.8, 4) is 5.88 Å². The number of hydrogen-bond acceptors (Lipinski definition) is 4. The molecule has 5 heteroatoms. The fraction of sp³-hybridized carbons (Fsp3) is 0.312. The molecular formula is C16H20BrN3O. The molecule has 0 amide bonds. The van der Waals surface area contributed by atoms with Gasteiger partial charge in [-0.05, 0) is 43.7 Å². The van der Waals surface area contributed by atoms with Gasteiger partial charge in [0.25, 0.3) is 0 Å². The molecule has 0 atom stereocenters. The Balaban J connectivity index is 2.15. The predicted molar refractivity (Wildman–Crippen MR) is 90.7 cm³/mol. The Labute approximate surface area is 134 Å². The van der Waals surface area contributed by atoms with E-state index >= 15 is 0 Å². The molecule has 2 N–H and O–H groups in total. The van der Waals surface area contributed by atoms with Crippen molar-refractivity contribution in [3.05, 3.63) is 46.4 Å². The summed E-state index contributed by atoms with van der Waals surface area (Å²) in [5, 5.41) is 0. The molecule has 0 unspecified atom stereocenters. The summed E-state index contributed by atoms with van der Waals surface area (Å²) >= 11 is 3.44. The van der Waals surface area contributed by atoms with E-state index in [1.54, 1.807) is 0 Å². The summed E-state index contributed by atoms with van der Waals surface area (Å²) in [5.41, 5.74) is 7.67. The molecule has 0 radical (unpaired) electrons. The van der Waals surface area contributed by atoms with Gasteiger partial charge < -0.3 is 15.4 Å². The number of ether oxygens (including phenoxy) is 1. The number of aromatic nitrogens is 1. The lowest BCUT2D eigenvalue weighted by molar-refractivity contribution is 0.234. The number of benzene rings is 1. The van der Waals surface area contributed by atoms with Gasteiger partial charge in [0, 0.05) is 18.1 Å². The molecular weight excluding hydrogens is 330 g/mol. The third-order valence-electron chi connectivity index (χ3n) is 2.95. The van der Waals surface area contributed by atoms with Crippen LogP contribution in [0, 0.1) is 0 Å². The van der Waals surface area contributed by atoms with Gasteiger partial charge in [-0.3, -0.25) is 0 Å². The number of pyridine rings is 1. The van der Waals surface area contributed by atoms with Crippen LogP contribution in [0.1, 0.15) is 19.4 Å². The van der Waals surface area contributed by atoms with Crippen LogP contribution in [0.3, 0.4) is 0 Å². The van der Waals surface area contributed by atoms with Crippen molar-refractivity contribution in [1.82, 2.24) is 4.98 Å². The molecule has 112 valence electrons. The normalized spacial score (nSPS) is 10.7. The summed E-state index contributed by atoms with van der Waals surface area (Å²) in [6.45, 7) is 4.68. The van der Waals surface area contributed by atoms with E-state index in [2.05, 4.69) is 37.9 Å². The van der Waals surface area contributed by atoms with E-state index in [1.807, 2.05) is 45.2 Å². The molecule has 2 aromatic rings. The number of hydrogen-bond donors (Lipinski definition) is 1. The molecule has 0 spiro atoms. The molecule has 4 nitrogen and oxygen atoms in total. The van der Waals surface area contributed by atoms with Crippen LogP contribution in [0.5, 0.6) is 5.88 Å². The highest BCUT2D eigenvalue weighted by Crippen LogP contribution is 2.24. The first kappa shape index (κ1) is 15.6. The summed E-state index contributed by atoms with van der Waals surface area (Å²) < 4.78 is 6.71. The number of nitrogens with two attached hydrogens (primary N) is 1. The SMILES string of the molecule is CC(C)Oc1nc(N(C)Cc2ccc(Br)cc2)ccc1N. The van der Waals surface area contributed by atoms with Gasteiger partial charge in [-0.1, -0.05) is 28.1 Å². The van der Waals surface area contributed by atoms with Gasteiger partial charge in [-0.15, -0.1) is 0 Å². The van der Waals surface area contributed by atoms with Crippen molar-refractivity contribution in [3.63, 3.8) is 0 Å². The molecule has 2 rings (SSSR count). The minimum absolute atomic E-state index is 0.0480. The lowest BCUT2D eigenvalue weighted by atomic mass is 10.2. The van der Waals surface area contributed by atoms with E-state index in [9.17, 15) is 0 Å². The molecule has 0 saturated heterocycles. The lowest BCUT2D eigenvalue weighted by Gasteiger charge is -2.20. The Bertz CT molecular complexity index is 599. The quantitative estimate of drug-likeness (QED) is 0.890. The Morgan fingerprint density at radius 3 is 2.48 bits per heavy atom. The molecule has 0 fully saturated rings. The second kappa shape index (κ2) is 6.80. The predicted octanol–water partition coefficient (Wildman–Crippen LogP) is 3.85. The third-order valence-corrected chi connectivity index (χ3v) is 3.48. The molecule has 0 aliphatic carbocycles. The van der Waals surface area contributed by atoms with Crippen LogP contribution in [0.15, 0.2) is 40.9 Å². The fourth-order valence-electron chi connectivity index (χ4n) is 1.92. The molecule has 0 saturated carbocycles. The van der Waals surface area contributed by atoms with Crippen LogP contribution in [0.2, 0.25) is 0 Å². The molecule has 1 aromatic carbocycles. The van der Waals surface area contributed by atoms with Gasteiger partial charge in [0.1, 0.15) is 5.82 Å². The van der Waals surface area contributed by atoms with Crippen molar-refractivity contribution >= 4 is 27.4 Å². The third kappa shape index (κ3) is 4.36. The zero-order valence-corrected chi connectivity index (χ0v) is 14.1. The number of rotatable bonds is 5. The van der Waals surface area contributed by atoms with E-state index in [1.165, 1.54) is 5.56 Å². The first-order chi connectivity index (χ1) is 9.95. The van der Waals surface area contributed by atoms with Crippen LogP contribution in [0.4, 0.5) is 11.5 Å². The van der Waals surface area contributed by atoms with Crippen LogP contribution in [0.25, 0.3) is 0 Å². The smallest absolute Gasteiger partial charge is 0.239 e. The van der Waals surface area contributed by atoms with Gasteiger partial charge in [-0.2, -0.15) is 4.98 Å². The second-order valence-electron chi connectivity index (χ2n) is 5.21. The number of nitrogen functional groups attached to an aromatic ring is 1. The zero-order chi connectivity index (χ0) is 15.4. The maximum absolute atomic E-state index is 5.90. The Hall–Kier alpha value is -1.75. The Morgan fingerprint density at radius 1 is 1.19 bits per heavy atom. The van der Waals surface area contributed by atoms with E-state index in [-0.39, 0.29) is 6.10 Å². The topological polar surface area (TPSA) is 51.4 Å². The zero-order valence-electron chi connectivity index (χ0n) is 12.5. The van der Waals surface area contributed by atoms with Gasteiger partial charge in [0.05, 0.1) is 11.8 Å². The maximum Gasteiger partial charge on any atom is 0.239 e. The first-order valence-electron chi connectivity index (χ1n) is 6.84. The summed E-state index contributed by atoms with van der Waals surface area (Å²) in [5.74, 6) is 1.33. The van der Waals surface area contributed by atoms with Gasteiger partial charge in [0.2, 0.25) is 5.88 Å². The minimum atomic E-state index is 0.0480. The molecule has 0 bridgehead atoms. The summed E-state index contributed by atoms with van der Waals surface area (Å²) in [6, 6.07) is 12.0. The van der Waals surface area contributed by atoms with Crippen molar-refractivity contribution in [2.75, 3.05) is 17.7 Å². The summed E-state index contributed by atoms with van der Waals surface area (Å²) in [7, 11) is 2.00. The van der Waals surface area contributed by atoms with Crippen molar-refractivity contribution in [2.45, 2.75) is 26.5 Å². The fourth-order valence-corrected chi connectivity index (χ4v) is 2.18. The molecule has 21 heavy (non-hydrogen) atoms. The number of halogens is 1. The average molecular weight is 350 g/mol. The van der Waals surface area contributed by atoms with Crippen LogP contribution < -0.4 is 15.4 Å². The van der Waals surface area contributed by atoms with Crippen LogP contribution >= 0.6 is 15.9 Å². The summed E-state index contributed by atoms with van der Waals surface area (Å²) in [4.78, 5) is 6.56. The minimum Gasteiger partial charge on any atom is -0.473 e. The lowest BCUT2D eigenvalue weighted by Crippen LogP contribution is -2.18. The van der Waals surface area contributed by atoms with Gasteiger partial charge >= 0.3 is 0 Å². The Morgan fingerprint density at radius 2 is 1.86 bits per heavy atom. The average Bonchev–Trinajstić information content (AvgIpc) is 2.43. The van der Waals surface area contributed by atoms with E-state index < -0.39 is 0 Å². The molecule has 0 aliphatic heterocycles. The monoisotopic (exact) mass is 349 g/mol. The van der Waals surface area contributed by atoms with Gasteiger partial charge in [0.15, 0.2) is 0 Å². The van der Waals surface area contributed by atoms with Crippen molar-refractivity contribution < 1.29 is 4.74 Å². The summed E-state index contributed by atoms with van der Waals surface area (Å²) in [6.07, 6.45) is 0.0480. The number of anilines is 2. The van der Waals surface area contributed by atoms with E-state index in [0.717, 1.165) is 16.8 Å². The molecule has 1 heterocycles. The maximum atomic E-state index is 5.90. The second-order valence-corrected chi connectivity index (χ2v) is 6.13. The number of nitrogens with zero attached hydrogens (tertiary/aromatic N) is 2. The Kier molecular flexibility index (Phi) is 5.07. The van der Waals surface area contributed by atoms with Crippen molar-refractivity contribution in [1.29, 1.82) is 0 Å². The standard InChI is InChI=1S/C16H20BrN3O/c1-11(2)21-16-14(18)8-9-15(19-16)20(3)10-12-4-6-13(17)7-5-12/h4-9,11H,10,18H2,1-3H3. The van der Waals surface area contributed by atoms with Gasteiger partial charge in [-0.25, -0.2) is 0 Å². The largest absolute Gasteiger partial charge is 0.473 e. The molecule has 1 aromatic heterocycles. The van der Waals surface area contributed by atoms with Crippen LogP contribution in [-0.4, -0.2) is 18.1 Å². The van der Waals surface area contributed by atoms with Crippen molar-refractivity contribution in [2.24, 2.45) is 0 Å². The van der Waals surface area contributed by atoms with E-state index in [4.69, 9.17) is 10.5 Å². The molecule has 0 aliphatic rings. The highest BCUT2D eigenvalue weighted by atomic mass is 79.9. The van der Waals surface area contributed by atoms with E-state index in [0.29, 0.717) is 11.6 Å². The highest BCUT2D eigenvalue weighted by Gasteiger charge is 2.10. The highest BCUT2D eigenvalue weighted by molar-refractivity contribution is 9.10.